The van der Waals surface area contributed by atoms with E-state index in [9.17, 15) is 0 Å². The van der Waals surface area contributed by atoms with Crippen molar-refractivity contribution in [1.82, 2.24) is 0 Å². The molecule has 13 heavy (non-hydrogen) atoms. The Morgan fingerprint density at radius 3 is 2.08 bits per heavy atom. The van der Waals surface area contributed by atoms with E-state index in [-0.39, 0.29) is 17.4 Å². The summed E-state index contributed by atoms with van der Waals surface area (Å²) in [5.74, 6) is 0. The van der Waals surface area contributed by atoms with Crippen LogP contribution in [0, 0.1) is 10.8 Å². The van der Waals surface area contributed by atoms with Crippen LogP contribution in [0.25, 0.3) is 0 Å². The van der Waals surface area contributed by atoms with Crippen molar-refractivity contribution in [3.8, 4) is 0 Å². The molecule has 1 atom stereocenters. The van der Waals surface area contributed by atoms with Crippen LogP contribution in [-0.4, -0.2) is 11.7 Å². The van der Waals surface area contributed by atoms with Crippen LogP contribution in [0.5, 0.6) is 0 Å². The van der Waals surface area contributed by atoms with Gasteiger partial charge in [-0.1, -0.05) is 32.9 Å². The average molecular weight is 182 g/mol. The van der Waals surface area contributed by atoms with Crippen molar-refractivity contribution in [3.05, 3.63) is 25.3 Å². The highest BCUT2D eigenvalue weighted by molar-refractivity contribution is 5.02. The van der Waals surface area contributed by atoms with Crippen LogP contribution in [-0.2, 0) is 0 Å². The summed E-state index contributed by atoms with van der Waals surface area (Å²) in [7, 11) is 0. The van der Waals surface area contributed by atoms with Crippen LogP contribution in [0.1, 0.15) is 33.6 Å². The van der Waals surface area contributed by atoms with Gasteiger partial charge >= 0.3 is 0 Å². The first kappa shape index (κ1) is 12.4. The molecule has 0 aliphatic rings. The van der Waals surface area contributed by atoms with Crippen molar-refractivity contribution in [3.63, 3.8) is 0 Å². The Hall–Kier alpha value is -0.560. The average Bonchev–Trinajstić information content (AvgIpc) is 2.04. The predicted octanol–water partition coefficient (Wildman–Crippen LogP) is 3.16. The molecule has 0 amide bonds. The van der Waals surface area contributed by atoms with Gasteiger partial charge in [-0.05, 0) is 23.7 Å². The molecular formula is C12H22O. The van der Waals surface area contributed by atoms with Gasteiger partial charge in [0.05, 0.1) is 0 Å². The highest BCUT2D eigenvalue weighted by Crippen LogP contribution is 2.45. The van der Waals surface area contributed by atoms with Gasteiger partial charge < -0.3 is 5.11 Å². The zero-order chi connectivity index (χ0) is 10.5. The number of aliphatic hydroxyl groups excluding tert-OH is 1. The van der Waals surface area contributed by atoms with E-state index < -0.39 is 0 Å². The Bertz CT molecular complexity index is 182. The molecule has 0 saturated heterocycles. The van der Waals surface area contributed by atoms with Crippen molar-refractivity contribution < 1.29 is 5.11 Å². The molecule has 0 aliphatic carbocycles. The zero-order valence-electron chi connectivity index (χ0n) is 9.14. The lowest BCUT2D eigenvalue weighted by molar-refractivity contribution is 0.105. The molecule has 76 valence electrons. The molecule has 0 saturated carbocycles. The first-order valence-corrected chi connectivity index (χ1v) is 4.79. The molecule has 0 fully saturated rings. The highest BCUT2D eigenvalue weighted by Gasteiger charge is 2.36. The molecule has 0 aliphatic heterocycles. The minimum atomic E-state index is -0.0179. The minimum Gasteiger partial charge on any atom is -0.396 e. The summed E-state index contributed by atoms with van der Waals surface area (Å²) in [5.41, 5.74) is 0.0924. The number of hydrogen-bond donors (Lipinski definition) is 1. The number of aliphatic hydroxyl groups is 1. The molecule has 0 aromatic carbocycles. The summed E-state index contributed by atoms with van der Waals surface area (Å²) in [5, 5.41) is 8.99. The van der Waals surface area contributed by atoms with Crippen molar-refractivity contribution in [2.75, 3.05) is 6.61 Å². The minimum absolute atomic E-state index is 0.0179. The second-order valence-corrected chi connectivity index (χ2v) is 4.47. The molecule has 0 radical (unpaired) electrons. The van der Waals surface area contributed by atoms with Gasteiger partial charge in [0.2, 0.25) is 0 Å². The van der Waals surface area contributed by atoms with Crippen molar-refractivity contribution >= 4 is 0 Å². The topological polar surface area (TPSA) is 20.2 Å². The summed E-state index contributed by atoms with van der Waals surface area (Å²) in [6.07, 6.45) is 5.58. The summed E-state index contributed by atoms with van der Waals surface area (Å²) in [6.45, 7) is 14.3. The third-order valence-corrected chi connectivity index (χ3v) is 3.28. The summed E-state index contributed by atoms with van der Waals surface area (Å²) >= 11 is 0. The molecule has 0 aromatic rings. The van der Waals surface area contributed by atoms with E-state index in [2.05, 4.69) is 33.9 Å². The lowest BCUT2D eigenvalue weighted by Gasteiger charge is -2.41. The number of allylic oxidation sites excluding steroid dienone is 2. The van der Waals surface area contributed by atoms with Crippen LogP contribution < -0.4 is 0 Å². The van der Waals surface area contributed by atoms with E-state index in [0.717, 1.165) is 12.8 Å². The van der Waals surface area contributed by atoms with Crippen molar-refractivity contribution in [1.29, 1.82) is 0 Å². The van der Waals surface area contributed by atoms with Crippen LogP contribution in [0.2, 0.25) is 0 Å². The first-order valence-electron chi connectivity index (χ1n) is 4.79. The number of rotatable bonds is 6. The van der Waals surface area contributed by atoms with Gasteiger partial charge in [0.15, 0.2) is 0 Å². The SMILES string of the molecule is C=CCC(C)(C)C(C)(C=C)CCO. The van der Waals surface area contributed by atoms with E-state index in [4.69, 9.17) is 5.11 Å². The Labute approximate surface area is 82.2 Å². The second kappa shape index (κ2) is 4.61. The smallest absolute Gasteiger partial charge is 0.0439 e. The first-order chi connectivity index (χ1) is 5.93. The fourth-order valence-corrected chi connectivity index (χ4v) is 1.54. The molecule has 0 aromatic heterocycles. The van der Waals surface area contributed by atoms with Gasteiger partial charge in [0.25, 0.3) is 0 Å². The largest absolute Gasteiger partial charge is 0.396 e. The lowest BCUT2D eigenvalue weighted by atomic mass is 9.63. The number of hydrogen-bond acceptors (Lipinski definition) is 1. The fraction of sp³-hybridized carbons (Fsp3) is 0.667. The van der Waals surface area contributed by atoms with Crippen molar-refractivity contribution in [2.45, 2.75) is 33.6 Å². The van der Waals surface area contributed by atoms with Gasteiger partial charge in [-0.2, -0.15) is 0 Å². The summed E-state index contributed by atoms with van der Waals surface area (Å²) in [4.78, 5) is 0. The maximum atomic E-state index is 8.99. The molecule has 1 N–H and O–H groups in total. The molecule has 1 nitrogen and oxygen atoms in total. The quantitative estimate of drug-likeness (QED) is 0.626. The maximum Gasteiger partial charge on any atom is 0.0439 e. The molecule has 0 spiro atoms. The predicted molar refractivity (Wildman–Crippen MR) is 58.6 cm³/mol. The van der Waals surface area contributed by atoms with Gasteiger partial charge in [-0.3, -0.25) is 0 Å². The third kappa shape index (κ3) is 2.70. The third-order valence-electron chi connectivity index (χ3n) is 3.28. The van der Waals surface area contributed by atoms with E-state index in [1.807, 2.05) is 12.2 Å². The van der Waals surface area contributed by atoms with E-state index in [1.54, 1.807) is 0 Å². The summed E-state index contributed by atoms with van der Waals surface area (Å²) < 4.78 is 0. The monoisotopic (exact) mass is 182 g/mol. The van der Waals surface area contributed by atoms with Crippen LogP contribution in [0.3, 0.4) is 0 Å². The van der Waals surface area contributed by atoms with Gasteiger partial charge in [0, 0.05) is 6.61 Å². The Kier molecular flexibility index (Phi) is 4.41. The van der Waals surface area contributed by atoms with E-state index in [1.165, 1.54) is 0 Å². The van der Waals surface area contributed by atoms with E-state index in [0.29, 0.717) is 0 Å². The Morgan fingerprint density at radius 2 is 1.77 bits per heavy atom. The standard InChI is InChI=1S/C12H22O/c1-6-8-11(3,4)12(5,7-2)9-10-13/h6-7,13H,1-2,8-10H2,3-5H3. The normalized spacial score (nSPS) is 16.3. The highest BCUT2D eigenvalue weighted by atomic mass is 16.3. The molecule has 1 unspecified atom stereocenters. The summed E-state index contributed by atoms with van der Waals surface area (Å²) in [6, 6.07) is 0. The van der Waals surface area contributed by atoms with Crippen LogP contribution >= 0.6 is 0 Å². The lowest BCUT2D eigenvalue weighted by Crippen LogP contribution is -2.33. The zero-order valence-corrected chi connectivity index (χ0v) is 9.14. The second-order valence-electron chi connectivity index (χ2n) is 4.47. The van der Waals surface area contributed by atoms with Gasteiger partial charge in [-0.15, -0.1) is 13.2 Å². The molecule has 0 rings (SSSR count). The molecular weight excluding hydrogens is 160 g/mol. The Balaban J connectivity index is 4.70. The van der Waals surface area contributed by atoms with Crippen molar-refractivity contribution in [2.24, 2.45) is 10.8 Å². The van der Waals surface area contributed by atoms with Crippen LogP contribution in [0.15, 0.2) is 25.3 Å². The fourth-order valence-electron chi connectivity index (χ4n) is 1.54. The molecule has 1 heteroatoms. The van der Waals surface area contributed by atoms with Gasteiger partial charge in [-0.25, -0.2) is 0 Å². The Morgan fingerprint density at radius 1 is 1.23 bits per heavy atom. The molecule has 0 bridgehead atoms. The maximum absolute atomic E-state index is 8.99. The van der Waals surface area contributed by atoms with Gasteiger partial charge in [0.1, 0.15) is 0 Å². The van der Waals surface area contributed by atoms with E-state index >= 15 is 0 Å². The van der Waals surface area contributed by atoms with Crippen LogP contribution in [0.4, 0.5) is 0 Å². The molecule has 0 heterocycles.